The Morgan fingerprint density at radius 2 is 1.89 bits per heavy atom. The summed E-state index contributed by atoms with van der Waals surface area (Å²) in [5.74, 6) is -0.155. The number of aliphatic hydroxyl groups excluding tert-OH is 1. The van der Waals surface area contributed by atoms with E-state index < -0.39 is 23.9 Å². The standard InChI is InChI=1S/C34H54N4O8/c1-22(9-12-29-32(41)34(21-43-34)20-26(46-29)19-31(40)36-15-14-35)8-11-28-23(2)18-27(25(4)45-28)37-30(39)13-10-24(3)44-33(42)38-16-6-5-7-17-38/h8-10,12-13,23-29,32,41H,5-7,11,14-21,35H2,1-4H3,(H,36,40)(H,37,39). The molecule has 4 rings (SSSR count). The van der Waals surface area contributed by atoms with E-state index in [-0.39, 0.29) is 54.6 Å². The quantitative estimate of drug-likeness (QED) is 0.142. The Kier molecular flexibility index (Phi) is 13.2. The average Bonchev–Trinajstić information content (AvgIpc) is 3.81. The average molecular weight is 647 g/mol. The van der Waals surface area contributed by atoms with Crippen molar-refractivity contribution in [2.45, 2.75) is 121 Å². The summed E-state index contributed by atoms with van der Waals surface area (Å²) in [6, 6.07) is -0.133. The third-order valence-electron chi connectivity index (χ3n) is 9.35. The number of ether oxygens (including phenoxy) is 4. The number of rotatable bonds is 12. The first-order valence-corrected chi connectivity index (χ1v) is 16.9. The molecule has 0 aromatic heterocycles. The molecule has 1 spiro atoms. The van der Waals surface area contributed by atoms with Gasteiger partial charge in [0.25, 0.3) is 0 Å². The lowest BCUT2D eigenvalue weighted by molar-refractivity contribution is -0.145. The fourth-order valence-corrected chi connectivity index (χ4v) is 6.43. The maximum atomic E-state index is 12.7. The van der Waals surface area contributed by atoms with Crippen molar-refractivity contribution in [1.82, 2.24) is 15.5 Å². The molecule has 4 heterocycles. The minimum absolute atomic E-state index is 0.00710. The number of nitrogens with zero attached hydrogens (tertiary/aromatic N) is 1. The van der Waals surface area contributed by atoms with Gasteiger partial charge in [0.15, 0.2) is 0 Å². The molecule has 258 valence electrons. The van der Waals surface area contributed by atoms with Crippen molar-refractivity contribution in [3.63, 3.8) is 0 Å². The minimum Gasteiger partial charge on any atom is -0.442 e. The lowest BCUT2D eigenvalue weighted by Gasteiger charge is -2.39. The number of piperidine rings is 1. The van der Waals surface area contributed by atoms with E-state index in [1.54, 1.807) is 17.9 Å². The summed E-state index contributed by atoms with van der Waals surface area (Å²) in [5.41, 5.74) is 5.83. The molecular weight excluding hydrogens is 592 g/mol. The zero-order valence-electron chi connectivity index (χ0n) is 27.8. The molecule has 9 atom stereocenters. The van der Waals surface area contributed by atoms with Gasteiger partial charge >= 0.3 is 6.09 Å². The summed E-state index contributed by atoms with van der Waals surface area (Å²) in [6.45, 7) is 10.5. The van der Waals surface area contributed by atoms with E-state index in [9.17, 15) is 19.5 Å². The van der Waals surface area contributed by atoms with Crippen molar-refractivity contribution in [3.05, 3.63) is 36.0 Å². The van der Waals surface area contributed by atoms with Crippen LogP contribution in [0.4, 0.5) is 4.79 Å². The molecule has 4 saturated heterocycles. The smallest absolute Gasteiger partial charge is 0.410 e. The Hall–Kier alpha value is -2.77. The third kappa shape index (κ3) is 10.4. The van der Waals surface area contributed by atoms with Gasteiger partial charge in [-0.25, -0.2) is 4.79 Å². The van der Waals surface area contributed by atoms with Crippen LogP contribution in [0.25, 0.3) is 0 Å². The number of nitrogens with one attached hydrogen (secondary N) is 2. The summed E-state index contributed by atoms with van der Waals surface area (Å²) in [6.07, 6.45) is 11.4. The van der Waals surface area contributed by atoms with Gasteiger partial charge in [-0.1, -0.05) is 30.7 Å². The second-order valence-corrected chi connectivity index (χ2v) is 13.3. The lowest BCUT2D eigenvalue weighted by atomic mass is 9.87. The number of hydrogen-bond donors (Lipinski definition) is 4. The molecule has 0 aromatic carbocycles. The topological polar surface area (TPSA) is 165 Å². The van der Waals surface area contributed by atoms with Crippen molar-refractivity contribution in [2.24, 2.45) is 11.7 Å². The van der Waals surface area contributed by atoms with Crippen molar-refractivity contribution in [2.75, 3.05) is 32.8 Å². The van der Waals surface area contributed by atoms with Crippen LogP contribution in [0.15, 0.2) is 36.0 Å². The maximum Gasteiger partial charge on any atom is 0.410 e. The normalized spacial score (nSPS) is 34.1. The predicted molar refractivity (Wildman–Crippen MR) is 173 cm³/mol. The van der Waals surface area contributed by atoms with Gasteiger partial charge in [-0.3, -0.25) is 9.59 Å². The van der Waals surface area contributed by atoms with Crippen LogP contribution < -0.4 is 16.4 Å². The number of hydrogen-bond acceptors (Lipinski definition) is 9. The van der Waals surface area contributed by atoms with Crippen LogP contribution >= 0.6 is 0 Å². The van der Waals surface area contributed by atoms with E-state index >= 15 is 0 Å². The van der Waals surface area contributed by atoms with Gasteiger partial charge in [0.2, 0.25) is 11.8 Å². The second-order valence-electron chi connectivity index (χ2n) is 13.3. The maximum absolute atomic E-state index is 12.7. The summed E-state index contributed by atoms with van der Waals surface area (Å²) in [4.78, 5) is 38.9. The molecule has 5 N–H and O–H groups in total. The zero-order valence-corrected chi connectivity index (χ0v) is 27.8. The number of allylic oxidation sites excluding steroid dienone is 2. The molecule has 12 heteroatoms. The summed E-state index contributed by atoms with van der Waals surface area (Å²) in [5, 5.41) is 16.7. The number of epoxide rings is 1. The highest BCUT2D eigenvalue weighted by Crippen LogP contribution is 2.43. The number of carbonyl (C=O) groups is 3. The Morgan fingerprint density at radius 3 is 2.59 bits per heavy atom. The highest BCUT2D eigenvalue weighted by atomic mass is 16.6. The number of nitrogens with two attached hydrogens (primary N) is 1. The van der Waals surface area contributed by atoms with Crippen LogP contribution in [0.2, 0.25) is 0 Å². The SMILES string of the molecule is CC(C=CC1OC(CC(=O)NCCN)CC2(CO2)C1O)=CCC1OC(C)C(NC(=O)C=CC(C)OC(=O)N2CCCCC2)CC1C. The number of aliphatic hydroxyl groups is 1. The van der Waals surface area contributed by atoms with Crippen molar-refractivity contribution < 1.29 is 38.4 Å². The first-order chi connectivity index (χ1) is 22.0. The van der Waals surface area contributed by atoms with Crippen molar-refractivity contribution >= 4 is 17.9 Å². The highest BCUT2D eigenvalue weighted by molar-refractivity contribution is 5.87. The molecule has 4 aliphatic heterocycles. The minimum atomic E-state index is -0.803. The summed E-state index contributed by atoms with van der Waals surface area (Å²) in [7, 11) is 0. The highest BCUT2D eigenvalue weighted by Gasteiger charge is 2.58. The van der Waals surface area contributed by atoms with E-state index in [2.05, 4.69) is 23.6 Å². The van der Waals surface area contributed by atoms with E-state index in [1.165, 1.54) is 6.08 Å². The third-order valence-corrected chi connectivity index (χ3v) is 9.35. The Bertz CT molecular complexity index is 1130. The Labute approximate surface area is 273 Å². The fourth-order valence-electron chi connectivity index (χ4n) is 6.43. The predicted octanol–water partition coefficient (Wildman–Crippen LogP) is 2.50. The number of likely N-dealkylation sites (tertiary alicyclic amines) is 1. The molecule has 0 bridgehead atoms. The molecule has 4 fully saturated rings. The fraction of sp³-hybridized carbons (Fsp3) is 0.735. The zero-order chi connectivity index (χ0) is 33.3. The van der Waals surface area contributed by atoms with E-state index in [1.807, 2.05) is 26.0 Å². The molecule has 9 unspecified atom stereocenters. The monoisotopic (exact) mass is 646 g/mol. The van der Waals surface area contributed by atoms with Crippen molar-refractivity contribution in [3.8, 4) is 0 Å². The Balaban J connectivity index is 1.21. The van der Waals surface area contributed by atoms with Gasteiger partial charge in [-0.05, 0) is 64.9 Å². The number of carbonyl (C=O) groups excluding carboxylic acids is 3. The molecule has 0 saturated carbocycles. The molecule has 0 radical (unpaired) electrons. The second kappa shape index (κ2) is 16.9. The largest absolute Gasteiger partial charge is 0.442 e. The van der Waals surface area contributed by atoms with Gasteiger partial charge in [0.1, 0.15) is 23.9 Å². The van der Waals surface area contributed by atoms with Crippen LogP contribution in [0.5, 0.6) is 0 Å². The molecule has 46 heavy (non-hydrogen) atoms. The Morgan fingerprint density at radius 1 is 1.15 bits per heavy atom. The van der Waals surface area contributed by atoms with Gasteiger partial charge in [-0.2, -0.15) is 0 Å². The summed E-state index contributed by atoms with van der Waals surface area (Å²) >= 11 is 0. The molecule has 0 aliphatic carbocycles. The molecular formula is C34H54N4O8. The van der Waals surface area contributed by atoms with Crippen LogP contribution in [-0.2, 0) is 28.5 Å². The first kappa shape index (κ1) is 36.1. The molecule has 12 nitrogen and oxygen atoms in total. The van der Waals surface area contributed by atoms with E-state index in [0.29, 0.717) is 32.5 Å². The van der Waals surface area contributed by atoms with Gasteiger partial charge in [-0.15, -0.1) is 0 Å². The number of amides is 3. The lowest BCUT2D eigenvalue weighted by Crippen LogP contribution is -2.51. The van der Waals surface area contributed by atoms with Gasteiger partial charge in [0.05, 0.1) is 37.4 Å². The van der Waals surface area contributed by atoms with Crippen molar-refractivity contribution in [1.29, 1.82) is 0 Å². The van der Waals surface area contributed by atoms with Gasteiger partial charge in [0, 0.05) is 38.7 Å². The van der Waals surface area contributed by atoms with Crippen LogP contribution in [0.1, 0.15) is 72.6 Å². The molecule has 3 amide bonds. The molecule has 4 aliphatic rings. The van der Waals surface area contributed by atoms with Gasteiger partial charge < -0.3 is 45.3 Å². The van der Waals surface area contributed by atoms with Crippen LogP contribution in [-0.4, -0.2) is 109 Å². The van der Waals surface area contributed by atoms with Crippen LogP contribution in [0.3, 0.4) is 0 Å². The first-order valence-electron chi connectivity index (χ1n) is 16.9. The van der Waals surface area contributed by atoms with Crippen LogP contribution in [0, 0.1) is 5.92 Å². The summed E-state index contributed by atoms with van der Waals surface area (Å²) < 4.78 is 23.5. The molecule has 0 aromatic rings. The van der Waals surface area contributed by atoms with E-state index in [4.69, 9.17) is 24.7 Å². The van der Waals surface area contributed by atoms with E-state index in [0.717, 1.165) is 44.3 Å².